The Morgan fingerprint density at radius 2 is 1.72 bits per heavy atom. The van der Waals surface area contributed by atoms with Gasteiger partial charge in [0.1, 0.15) is 50.3 Å². The second-order valence-corrected chi connectivity index (χ2v) is 7.99. The number of morpholine rings is 1. The Balaban J connectivity index is 1.43. The van der Waals surface area contributed by atoms with Crippen molar-refractivity contribution >= 4 is 0 Å². The topological polar surface area (TPSA) is 43.1 Å². The van der Waals surface area contributed by atoms with E-state index < -0.39 is 6.10 Å². The van der Waals surface area contributed by atoms with Crippen LogP contribution in [0, 0.1) is 0 Å². The molecular formula is C21H34NO3+. The van der Waals surface area contributed by atoms with Gasteiger partial charge in [0.15, 0.2) is 0 Å². The van der Waals surface area contributed by atoms with Gasteiger partial charge in [-0.05, 0) is 50.3 Å². The van der Waals surface area contributed by atoms with Gasteiger partial charge in [-0.3, -0.25) is 0 Å². The van der Waals surface area contributed by atoms with Crippen molar-refractivity contribution in [3.05, 3.63) is 29.8 Å². The quantitative estimate of drug-likeness (QED) is 0.828. The lowest BCUT2D eigenvalue weighted by Gasteiger charge is -2.33. The van der Waals surface area contributed by atoms with Crippen LogP contribution in [-0.4, -0.2) is 49.7 Å². The van der Waals surface area contributed by atoms with Crippen LogP contribution in [0.2, 0.25) is 0 Å². The summed E-state index contributed by atoms with van der Waals surface area (Å²) in [7, 11) is 0. The predicted molar refractivity (Wildman–Crippen MR) is 99.3 cm³/mol. The van der Waals surface area contributed by atoms with Gasteiger partial charge >= 0.3 is 0 Å². The molecule has 4 heteroatoms. The Morgan fingerprint density at radius 3 is 2.36 bits per heavy atom. The molecule has 2 fully saturated rings. The smallest absolute Gasteiger partial charge is 0.137 e. The lowest BCUT2D eigenvalue weighted by molar-refractivity contribution is -0.918. The van der Waals surface area contributed by atoms with Crippen molar-refractivity contribution in [2.75, 3.05) is 26.2 Å². The van der Waals surface area contributed by atoms with Gasteiger partial charge in [-0.25, -0.2) is 0 Å². The van der Waals surface area contributed by atoms with E-state index in [9.17, 15) is 5.11 Å². The molecule has 1 aliphatic carbocycles. The molecule has 0 spiro atoms. The maximum absolute atomic E-state index is 10.3. The molecule has 0 bridgehead atoms. The number of aliphatic hydroxyl groups is 1. The minimum absolute atomic E-state index is 0.263. The molecular weight excluding hydrogens is 314 g/mol. The summed E-state index contributed by atoms with van der Waals surface area (Å²) in [6, 6.07) is 8.52. The number of aliphatic hydroxyl groups excluding tert-OH is 1. The maximum atomic E-state index is 10.3. The second kappa shape index (κ2) is 9.02. The normalized spacial score (nSPS) is 29.3. The number of quaternary nitrogens is 1. The maximum Gasteiger partial charge on any atom is 0.137 e. The van der Waals surface area contributed by atoms with Gasteiger partial charge in [-0.1, -0.05) is 31.4 Å². The third-order valence-corrected chi connectivity index (χ3v) is 5.54. The van der Waals surface area contributed by atoms with E-state index >= 15 is 0 Å². The van der Waals surface area contributed by atoms with Crippen LogP contribution >= 0.6 is 0 Å². The third-order valence-electron chi connectivity index (χ3n) is 5.54. The molecule has 1 heterocycles. The lowest BCUT2D eigenvalue weighted by Crippen LogP contribution is -3.16. The van der Waals surface area contributed by atoms with Crippen molar-refractivity contribution in [3.8, 4) is 5.75 Å². The van der Waals surface area contributed by atoms with Gasteiger partial charge in [-0.2, -0.15) is 0 Å². The van der Waals surface area contributed by atoms with E-state index in [0.717, 1.165) is 31.3 Å². The summed E-state index contributed by atoms with van der Waals surface area (Å²) in [6.07, 6.45) is 6.82. The van der Waals surface area contributed by atoms with Crippen LogP contribution in [0.4, 0.5) is 0 Å². The molecule has 1 aromatic rings. The van der Waals surface area contributed by atoms with E-state index in [1.54, 1.807) is 0 Å². The molecule has 4 nitrogen and oxygen atoms in total. The first-order valence-electron chi connectivity index (χ1n) is 10.00. The third kappa shape index (κ3) is 5.70. The van der Waals surface area contributed by atoms with E-state index in [2.05, 4.69) is 38.1 Å². The number of hydrogen-bond acceptors (Lipinski definition) is 3. The zero-order chi connectivity index (χ0) is 17.6. The van der Waals surface area contributed by atoms with Gasteiger partial charge in [0.05, 0.1) is 0 Å². The van der Waals surface area contributed by atoms with Gasteiger partial charge in [-0.15, -0.1) is 0 Å². The van der Waals surface area contributed by atoms with Gasteiger partial charge in [0.2, 0.25) is 0 Å². The Kier molecular flexibility index (Phi) is 6.74. The van der Waals surface area contributed by atoms with Crippen molar-refractivity contribution in [1.82, 2.24) is 0 Å². The van der Waals surface area contributed by atoms with Crippen molar-refractivity contribution in [2.45, 2.75) is 70.2 Å². The molecule has 0 radical (unpaired) electrons. The zero-order valence-electron chi connectivity index (χ0n) is 15.7. The highest BCUT2D eigenvalue weighted by atomic mass is 16.5. The number of hydrogen-bond donors (Lipinski definition) is 2. The van der Waals surface area contributed by atoms with Crippen molar-refractivity contribution < 1.29 is 19.5 Å². The molecule has 0 amide bonds. The van der Waals surface area contributed by atoms with Crippen molar-refractivity contribution in [1.29, 1.82) is 0 Å². The monoisotopic (exact) mass is 348 g/mol. The molecule has 1 saturated carbocycles. The number of ether oxygens (including phenoxy) is 2. The molecule has 2 N–H and O–H groups in total. The number of nitrogens with one attached hydrogen (secondary N) is 1. The first-order chi connectivity index (χ1) is 12.1. The minimum atomic E-state index is -0.439. The summed E-state index contributed by atoms with van der Waals surface area (Å²) in [4.78, 5) is 1.40. The molecule has 1 saturated heterocycles. The van der Waals surface area contributed by atoms with Gasteiger partial charge < -0.3 is 19.5 Å². The van der Waals surface area contributed by atoms with Crippen LogP contribution in [0.15, 0.2) is 24.3 Å². The largest absolute Gasteiger partial charge is 0.491 e. The molecule has 25 heavy (non-hydrogen) atoms. The second-order valence-electron chi connectivity index (χ2n) is 7.99. The summed E-state index contributed by atoms with van der Waals surface area (Å²) >= 11 is 0. The van der Waals surface area contributed by atoms with E-state index in [0.29, 0.717) is 6.61 Å². The van der Waals surface area contributed by atoms with Gasteiger partial charge in [0.25, 0.3) is 0 Å². The molecule has 1 aliphatic heterocycles. The molecule has 0 aromatic heterocycles. The van der Waals surface area contributed by atoms with Crippen LogP contribution in [0.25, 0.3) is 0 Å². The summed E-state index contributed by atoms with van der Waals surface area (Å²) in [5.41, 5.74) is 1.44. The summed E-state index contributed by atoms with van der Waals surface area (Å²) in [6.45, 7) is 7.20. The Morgan fingerprint density at radius 1 is 1.08 bits per heavy atom. The first kappa shape index (κ1) is 18.7. The SMILES string of the molecule is C[C@@H]1C[NH+](C[C@H](O)COc2ccc(C3CCCCC3)cc2)C[C@H](C)O1. The highest BCUT2D eigenvalue weighted by Crippen LogP contribution is 2.33. The summed E-state index contributed by atoms with van der Waals surface area (Å²) in [5, 5.41) is 10.3. The van der Waals surface area contributed by atoms with Crippen LogP contribution in [0.1, 0.15) is 57.4 Å². The van der Waals surface area contributed by atoms with E-state index in [1.807, 2.05) is 0 Å². The highest BCUT2D eigenvalue weighted by molar-refractivity contribution is 5.29. The van der Waals surface area contributed by atoms with Crippen LogP contribution < -0.4 is 9.64 Å². The molecule has 3 rings (SSSR count). The first-order valence-corrected chi connectivity index (χ1v) is 10.00. The number of benzene rings is 1. The molecule has 1 unspecified atom stereocenters. The molecule has 1 aromatic carbocycles. The van der Waals surface area contributed by atoms with Crippen LogP contribution in [-0.2, 0) is 4.74 Å². The average molecular weight is 349 g/mol. The predicted octanol–water partition coefficient (Wildman–Crippen LogP) is 2.17. The average Bonchev–Trinajstić information content (AvgIpc) is 2.60. The van der Waals surface area contributed by atoms with Crippen molar-refractivity contribution in [3.63, 3.8) is 0 Å². The van der Waals surface area contributed by atoms with Crippen LogP contribution in [0.3, 0.4) is 0 Å². The van der Waals surface area contributed by atoms with E-state index in [1.165, 1.54) is 42.6 Å². The lowest BCUT2D eigenvalue weighted by atomic mass is 9.84. The van der Waals surface area contributed by atoms with E-state index in [4.69, 9.17) is 9.47 Å². The number of rotatable bonds is 6. The Bertz CT molecular complexity index is 502. The Labute approximate surface area is 152 Å². The summed E-state index contributed by atoms with van der Waals surface area (Å²) in [5.74, 6) is 1.58. The minimum Gasteiger partial charge on any atom is -0.491 e. The fraction of sp³-hybridized carbons (Fsp3) is 0.714. The van der Waals surface area contributed by atoms with Crippen LogP contribution in [0.5, 0.6) is 5.75 Å². The molecule has 140 valence electrons. The highest BCUT2D eigenvalue weighted by Gasteiger charge is 2.27. The fourth-order valence-corrected chi connectivity index (χ4v) is 4.41. The van der Waals surface area contributed by atoms with E-state index in [-0.39, 0.29) is 12.2 Å². The van der Waals surface area contributed by atoms with Crippen molar-refractivity contribution in [2.24, 2.45) is 0 Å². The molecule has 4 atom stereocenters. The molecule has 2 aliphatic rings. The fourth-order valence-electron chi connectivity index (χ4n) is 4.41. The standard InChI is InChI=1S/C21H33NO3/c1-16-12-22(13-17(2)25-16)14-20(23)15-24-21-10-8-19(9-11-21)18-6-4-3-5-7-18/h8-11,16-18,20,23H,3-7,12-15H2,1-2H3/p+1/t16-,17+,20-/m0/s1. The Hall–Kier alpha value is -1.10. The summed E-state index contributed by atoms with van der Waals surface area (Å²) < 4.78 is 11.6. The van der Waals surface area contributed by atoms with Gasteiger partial charge in [0, 0.05) is 0 Å². The zero-order valence-corrected chi connectivity index (χ0v) is 15.7.